The third-order valence-corrected chi connectivity index (χ3v) is 6.27. The van der Waals surface area contributed by atoms with Crippen LogP contribution < -0.4 is 0 Å². The molecule has 2 fully saturated rings. The van der Waals surface area contributed by atoms with Crippen LogP contribution in [0, 0.1) is 25.5 Å². The number of ether oxygens (including phenoxy) is 1. The first-order valence-corrected chi connectivity index (χ1v) is 11.7. The molecule has 178 valence electrons. The highest BCUT2D eigenvalue weighted by Gasteiger charge is 2.26. The van der Waals surface area contributed by atoms with Gasteiger partial charge in [0.1, 0.15) is 36.5 Å². The lowest BCUT2D eigenvalue weighted by atomic mass is 9.85. The van der Waals surface area contributed by atoms with Crippen LogP contribution in [0.2, 0.25) is 0 Å². The highest BCUT2D eigenvalue weighted by molar-refractivity contribution is 6.11. The molecule has 2 radical (unpaired) electrons. The second-order valence-corrected chi connectivity index (χ2v) is 8.97. The smallest absolute Gasteiger partial charge is 0.182 e. The minimum absolute atomic E-state index is 0.0242. The van der Waals surface area contributed by atoms with E-state index in [9.17, 15) is 8.78 Å². The number of nitrogens with zero attached hydrogens (tertiary/aromatic N) is 6. The van der Waals surface area contributed by atoms with Crippen LogP contribution in [0.5, 0.6) is 0 Å². The van der Waals surface area contributed by atoms with Crippen molar-refractivity contribution < 1.29 is 13.5 Å². The molecule has 0 spiro atoms. The van der Waals surface area contributed by atoms with E-state index in [0.717, 1.165) is 17.8 Å². The van der Waals surface area contributed by atoms with Gasteiger partial charge >= 0.3 is 0 Å². The van der Waals surface area contributed by atoms with Gasteiger partial charge in [-0.3, -0.25) is 4.68 Å². The Bertz CT molecular complexity index is 1350. The molecule has 0 N–H and O–H groups in total. The first-order valence-electron chi connectivity index (χ1n) is 11.7. The van der Waals surface area contributed by atoms with Crippen molar-refractivity contribution in [1.82, 2.24) is 29.7 Å². The van der Waals surface area contributed by atoms with Gasteiger partial charge in [-0.1, -0.05) is 0 Å². The molecule has 4 aromatic rings. The van der Waals surface area contributed by atoms with Crippen molar-refractivity contribution in [2.75, 3.05) is 6.61 Å². The molecule has 35 heavy (non-hydrogen) atoms. The third-order valence-electron chi connectivity index (χ3n) is 6.27. The Morgan fingerprint density at radius 3 is 2.51 bits per heavy atom. The maximum Gasteiger partial charge on any atom is 0.182 e. The number of hydrogen-bond donors (Lipinski definition) is 0. The Morgan fingerprint density at radius 2 is 1.83 bits per heavy atom. The summed E-state index contributed by atoms with van der Waals surface area (Å²) in [5, 5.41) is 4.09. The Kier molecular flexibility index (Phi) is 6.55. The molecule has 1 aliphatic heterocycles. The average Bonchev–Trinajstić information content (AvgIpc) is 3.54. The van der Waals surface area contributed by atoms with E-state index in [1.165, 1.54) is 25.0 Å². The van der Waals surface area contributed by atoms with E-state index in [2.05, 4.69) is 25.0 Å². The van der Waals surface area contributed by atoms with Crippen LogP contribution in [0.4, 0.5) is 8.78 Å². The van der Waals surface area contributed by atoms with Crippen LogP contribution >= 0.6 is 0 Å². The summed E-state index contributed by atoms with van der Waals surface area (Å²) in [5.74, 6) is -0.852. The highest BCUT2D eigenvalue weighted by atomic mass is 19.1. The van der Waals surface area contributed by atoms with Crippen LogP contribution in [0.15, 0.2) is 36.7 Å². The van der Waals surface area contributed by atoms with Crippen LogP contribution in [0.3, 0.4) is 0 Å². The molecule has 3 aromatic heterocycles. The Morgan fingerprint density at radius 1 is 1.03 bits per heavy atom. The van der Waals surface area contributed by atoms with Gasteiger partial charge < -0.3 is 4.74 Å². The molecule has 10 heteroatoms. The SMILES string of the molecule is [B]C1CC(c2nc(-c3ccc(F)cc3F)c3nc(C)c(C)nc3n2)CCO1.c1cnn(C2CC2)c1. The number of benzene rings is 1. The largest absolute Gasteiger partial charge is 0.388 e. The molecule has 1 saturated carbocycles. The third kappa shape index (κ3) is 5.22. The van der Waals surface area contributed by atoms with Crippen LogP contribution in [0.25, 0.3) is 22.4 Å². The fraction of sp³-hybridized carbons (Fsp3) is 0.400. The van der Waals surface area contributed by atoms with Crippen molar-refractivity contribution in [3.05, 3.63) is 65.5 Å². The minimum Gasteiger partial charge on any atom is -0.388 e. The van der Waals surface area contributed by atoms with Gasteiger partial charge in [-0.25, -0.2) is 28.7 Å². The summed E-state index contributed by atoms with van der Waals surface area (Å²) in [5.41, 5.74) is 2.70. The van der Waals surface area contributed by atoms with Gasteiger partial charge in [-0.2, -0.15) is 5.10 Å². The van der Waals surface area contributed by atoms with Crippen LogP contribution in [0.1, 0.15) is 54.9 Å². The van der Waals surface area contributed by atoms with E-state index in [1.54, 1.807) is 0 Å². The lowest BCUT2D eigenvalue weighted by molar-refractivity contribution is 0.0551. The lowest BCUT2D eigenvalue weighted by Crippen LogP contribution is -2.26. The van der Waals surface area contributed by atoms with Crippen LogP contribution in [-0.4, -0.2) is 50.2 Å². The number of aromatic nitrogens is 6. The van der Waals surface area contributed by atoms with Gasteiger partial charge in [0.2, 0.25) is 0 Å². The maximum absolute atomic E-state index is 14.5. The average molecular weight is 474 g/mol. The number of halogens is 2. The first-order chi connectivity index (χ1) is 16.9. The topological polar surface area (TPSA) is 78.6 Å². The van der Waals surface area contributed by atoms with E-state index in [-0.39, 0.29) is 17.5 Å². The molecule has 0 amide bonds. The molecular weight excluding hydrogens is 449 g/mol. The van der Waals surface area contributed by atoms with E-state index >= 15 is 0 Å². The monoisotopic (exact) mass is 474 g/mol. The van der Waals surface area contributed by atoms with E-state index in [0.29, 0.717) is 47.8 Å². The zero-order chi connectivity index (χ0) is 24.5. The first kappa shape index (κ1) is 23.5. The molecule has 2 atom stereocenters. The molecule has 2 unspecified atom stereocenters. The normalized spacial score (nSPS) is 19.9. The number of hydrogen-bond acceptors (Lipinski definition) is 6. The number of rotatable bonds is 3. The summed E-state index contributed by atoms with van der Waals surface area (Å²) >= 11 is 0. The lowest BCUT2D eigenvalue weighted by Gasteiger charge is -2.27. The summed E-state index contributed by atoms with van der Waals surface area (Å²) in [6.45, 7) is 4.16. The second-order valence-electron chi connectivity index (χ2n) is 8.97. The highest BCUT2D eigenvalue weighted by Crippen LogP contribution is 2.34. The predicted molar refractivity (Wildman–Crippen MR) is 128 cm³/mol. The maximum atomic E-state index is 14.5. The van der Waals surface area contributed by atoms with Gasteiger partial charge in [0, 0.05) is 42.6 Å². The van der Waals surface area contributed by atoms with E-state index < -0.39 is 11.6 Å². The van der Waals surface area contributed by atoms with E-state index in [1.807, 2.05) is 37.0 Å². The summed E-state index contributed by atoms with van der Waals surface area (Å²) < 4.78 is 35.3. The Hall–Kier alpha value is -3.27. The summed E-state index contributed by atoms with van der Waals surface area (Å²) in [7, 11) is 5.90. The standard InChI is InChI=1S/C19H17BF2N4O.C6H8N2/c1-9-10(2)24-19-17(23-9)16(13-4-3-12(21)8-14(13)22)25-18(26-19)11-5-6-27-15(20)7-11;1-4-7-8(5-1)6-2-3-6/h3-4,8,11,15H,5-7H2,1-2H3;1,4-6H,2-3H2. The molecule has 1 aliphatic carbocycles. The van der Waals surface area contributed by atoms with Crippen LogP contribution in [-0.2, 0) is 4.74 Å². The Balaban J connectivity index is 0.000000265. The number of aryl methyl sites for hydroxylation is 2. The predicted octanol–water partition coefficient (Wildman–Crippen LogP) is 4.59. The molecule has 6 rings (SSSR count). The van der Waals surface area contributed by atoms with Gasteiger partial charge in [-0.15, -0.1) is 0 Å². The van der Waals surface area contributed by atoms with Gasteiger partial charge in [0.05, 0.1) is 17.4 Å². The van der Waals surface area contributed by atoms with Gasteiger partial charge in [0.25, 0.3) is 0 Å². The summed E-state index contributed by atoms with van der Waals surface area (Å²) in [6.07, 6.45) is 7.78. The molecular formula is C25H25BF2N6O. The number of fused-ring (bicyclic) bond motifs is 1. The zero-order valence-electron chi connectivity index (χ0n) is 19.7. The summed E-state index contributed by atoms with van der Waals surface area (Å²) in [6, 6.07) is 5.72. The molecule has 2 aliphatic rings. The fourth-order valence-corrected chi connectivity index (χ4v) is 4.08. The van der Waals surface area contributed by atoms with Crippen molar-refractivity contribution in [2.24, 2.45) is 0 Å². The molecule has 0 bridgehead atoms. The van der Waals surface area contributed by atoms with Crippen molar-refractivity contribution in [2.45, 2.75) is 57.5 Å². The van der Waals surface area contributed by atoms with Crippen molar-refractivity contribution >= 4 is 19.0 Å². The minimum atomic E-state index is -0.704. The van der Waals surface area contributed by atoms with Gasteiger partial charge in [-0.05, 0) is 57.7 Å². The van der Waals surface area contributed by atoms with Gasteiger partial charge in [0.15, 0.2) is 5.65 Å². The Labute approximate surface area is 203 Å². The molecule has 4 heterocycles. The second kappa shape index (κ2) is 9.77. The summed E-state index contributed by atoms with van der Waals surface area (Å²) in [4.78, 5) is 18.2. The molecule has 1 aromatic carbocycles. The molecule has 7 nitrogen and oxygen atoms in total. The van der Waals surface area contributed by atoms with Crippen molar-refractivity contribution in [3.8, 4) is 11.3 Å². The van der Waals surface area contributed by atoms with Crippen molar-refractivity contribution in [3.63, 3.8) is 0 Å². The molecule has 1 saturated heterocycles. The van der Waals surface area contributed by atoms with Crippen molar-refractivity contribution in [1.29, 1.82) is 0 Å². The quantitative estimate of drug-likeness (QED) is 0.405. The fourth-order valence-electron chi connectivity index (χ4n) is 4.08. The zero-order valence-corrected chi connectivity index (χ0v) is 19.7. The van der Waals surface area contributed by atoms with E-state index in [4.69, 9.17) is 12.6 Å².